The fraction of sp³-hybridized carbons (Fsp3) is 0.462. The summed E-state index contributed by atoms with van der Waals surface area (Å²) in [6.45, 7) is 7.95. The van der Waals surface area contributed by atoms with Crippen LogP contribution in [0.3, 0.4) is 0 Å². The summed E-state index contributed by atoms with van der Waals surface area (Å²) in [5.41, 5.74) is -0.419. The molecule has 102 valence electrons. The molecular formula is C13H17BClNO3. The number of aromatic nitrogens is 1. The first-order valence-corrected chi connectivity index (χ1v) is 6.52. The van der Waals surface area contributed by atoms with Crippen LogP contribution in [0.1, 0.15) is 33.3 Å². The summed E-state index contributed by atoms with van der Waals surface area (Å²) in [5, 5.41) is 0.162. The molecule has 1 aromatic heterocycles. The maximum Gasteiger partial charge on any atom is 0.487 e. The Morgan fingerprint density at radius 3 is 2.42 bits per heavy atom. The predicted octanol–water partition coefficient (Wildman–Crippen LogP) is 2.67. The van der Waals surface area contributed by atoms with Crippen LogP contribution >= 0.6 is 11.6 Å². The van der Waals surface area contributed by atoms with Gasteiger partial charge in [0.25, 0.3) is 5.56 Å². The molecule has 0 spiro atoms. The molecule has 1 saturated heterocycles. The second-order valence-electron chi connectivity index (χ2n) is 5.56. The molecule has 0 aliphatic carbocycles. The van der Waals surface area contributed by atoms with Crippen molar-refractivity contribution < 1.29 is 9.31 Å². The van der Waals surface area contributed by atoms with Crippen molar-refractivity contribution >= 4 is 24.8 Å². The molecule has 0 saturated carbocycles. The summed E-state index contributed by atoms with van der Waals surface area (Å²) in [6, 6.07) is 1.73. The summed E-state index contributed by atoms with van der Waals surface area (Å²) in [4.78, 5) is 13.9. The maximum atomic E-state index is 11.4. The van der Waals surface area contributed by atoms with Crippen molar-refractivity contribution in [2.75, 3.05) is 0 Å². The fourth-order valence-corrected chi connectivity index (χ4v) is 1.93. The molecule has 2 heterocycles. The van der Waals surface area contributed by atoms with Gasteiger partial charge in [0.15, 0.2) is 0 Å². The summed E-state index contributed by atoms with van der Waals surface area (Å²) < 4.78 is 11.6. The minimum absolute atomic E-state index is 0.162. The Labute approximate surface area is 117 Å². The Balaban J connectivity index is 2.17. The third-order valence-corrected chi connectivity index (χ3v) is 4.02. The van der Waals surface area contributed by atoms with Gasteiger partial charge >= 0.3 is 7.12 Å². The van der Waals surface area contributed by atoms with Gasteiger partial charge in [-0.1, -0.05) is 23.7 Å². The van der Waals surface area contributed by atoms with E-state index < -0.39 is 7.12 Å². The number of hydrogen-bond donors (Lipinski definition) is 1. The summed E-state index contributed by atoms with van der Waals surface area (Å²) in [6.07, 6.45) is 3.29. The smallest absolute Gasteiger partial charge is 0.400 e. The molecule has 1 aromatic rings. The quantitative estimate of drug-likeness (QED) is 0.848. The van der Waals surface area contributed by atoms with Gasteiger partial charge in [0, 0.05) is 6.20 Å². The third-order valence-electron chi connectivity index (χ3n) is 3.63. The number of nitrogens with one attached hydrogen (secondary N) is 1. The lowest BCUT2D eigenvalue weighted by atomic mass is 9.89. The second-order valence-corrected chi connectivity index (χ2v) is 5.94. The SMILES string of the molecule is CC1(C)OB(/C=C/c2cc[nH]c(=O)c2Cl)OC1(C)C. The molecule has 1 aliphatic rings. The topological polar surface area (TPSA) is 51.3 Å². The highest BCUT2D eigenvalue weighted by Crippen LogP contribution is 2.37. The molecule has 0 bridgehead atoms. The van der Waals surface area contributed by atoms with Gasteiger partial charge in [0.1, 0.15) is 5.02 Å². The van der Waals surface area contributed by atoms with Crippen molar-refractivity contribution in [1.29, 1.82) is 0 Å². The maximum absolute atomic E-state index is 11.4. The standard InChI is InChI=1S/C13H17BClNO3/c1-12(2)13(3,4)19-14(18-12)7-5-9-6-8-16-11(17)10(9)15/h5-8H,1-4H3,(H,16,17)/b7-5+. The second kappa shape index (κ2) is 4.82. The summed E-state index contributed by atoms with van der Waals surface area (Å²) >= 11 is 5.91. The first kappa shape index (κ1) is 14.4. The van der Waals surface area contributed by atoms with E-state index in [4.69, 9.17) is 20.9 Å². The van der Waals surface area contributed by atoms with Gasteiger partial charge in [-0.15, -0.1) is 0 Å². The van der Waals surface area contributed by atoms with Crippen LogP contribution in [0.5, 0.6) is 0 Å². The summed E-state index contributed by atoms with van der Waals surface area (Å²) in [5.74, 6) is 1.76. The van der Waals surface area contributed by atoms with Gasteiger partial charge in [0.05, 0.1) is 11.2 Å². The zero-order chi connectivity index (χ0) is 14.3. The van der Waals surface area contributed by atoms with Crippen LogP contribution in [-0.4, -0.2) is 23.3 Å². The molecule has 1 aliphatic heterocycles. The Kier molecular flexibility index (Phi) is 3.64. The van der Waals surface area contributed by atoms with E-state index in [0.717, 1.165) is 0 Å². The molecule has 0 radical (unpaired) electrons. The predicted molar refractivity (Wildman–Crippen MR) is 77.2 cm³/mol. The molecule has 6 heteroatoms. The lowest BCUT2D eigenvalue weighted by Gasteiger charge is -2.32. The van der Waals surface area contributed by atoms with Crippen LogP contribution in [0.2, 0.25) is 5.02 Å². The molecule has 1 N–H and O–H groups in total. The van der Waals surface area contributed by atoms with Crippen LogP contribution in [0.15, 0.2) is 23.0 Å². The highest BCUT2D eigenvalue weighted by Gasteiger charge is 2.49. The molecule has 0 atom stereocenters. The van der Waals surface area contributed by atoms with E-state index in [1.54, 1.807) is 24.3 Å². The van der Waals surface area contributed by atoms with Crippen molar-refractivity contribution in [3.63, 3.8) is 0 Å². The Hall–Kier alpha value is -1.04. The molecular weight excluding hydrogens is 264 g/mol. The van der Waals surface area contributed by atoms with E-state index in [-0.39, 0.29) is 21.8 Å². The first-order valence-electron chi connectivity index (χ1n) is 6.14. The van der Waals surface area contributed by atoms with E-state index in [9.17, 15) is 4.79 Å². The molecule has 0 unspecified atom stereocenters. The van der Waals surface area contributed by atoms with Crippen LogP contribution in [0.4, 0.5) is 0 Å². The zero-order valence-corrected chi connectivity index (χ0v) is 12.2. The number of rotatable bonds is 2. The number of aromatic amines is 1. The van der Waals surface area contributed by atoms with Crippen LogP contribution in [0.25, 0.3) is 6.08 Å². The molecule has 1 fully saturated rings. The van der Waals surface area contributed by atoms with E-state index in [2.05, 4.69) is 4.98 Å². The van der Waals surface area contributed by atoms with Crippen molar-refractivity contribution in [3.8, 4) is 0 Å². The normalized spacial score (nSPS) is 21.2. The van der Waals surface area contributed by atoms with Crippen LogP contribution in [0, 0.1) is 0 Å². The fourth-order valence-electron chi connectivity index (χ4n) is 1.75. The number of halogens is 1. The lowest BCUT2D eigenvalue weighted by molar-refractivity contribution is 0.00578. The van der Waals surface area contributed by atoms with Gasteiger partial charge < -0.3 is 14.3 Å². The number of H-pyrrole nitrogens is 1. The zero-order valence-electron chi connectivity index (χ0n) is 11.5. The van der Waals surface area contributed by atoms with Crippen LogP contribution in [-0.2, 0) is 9.31 Å². The Morgan fingerprint density at radius 2 is 1.84 bits per heavy atom. The monoisotopic (exact) mass is 281 g/mol. The molecule has 2 rings (SSSR count). The van der Waals surface area contributed by atoms with Gasteiger partial charge in [-0.2, -0.15) is 0 Å². The largest absolute Gasteiger partial charge is 0.487 e. The van der Waals surface area contributed by atoms with E-state index in [1.807, 2.05) is 27.7 Å². The highest BCUT2D eigenvalue weighted by atomic mass is 35.5. The summed E-state index contributed by atoms with van der Waals surface area (Å²) in [7, 11) is -0.444. The van der Waals surface area contributed by atoms with Crippen molar-refractivity contribution in [2.24, 2.45) is 0 Å². The van der Waals surface area contributed by atoms with E-state index in [1.165, 1.54) is 0 Å². The third kappa shape index (κ3) is 2.78. The van der Waals surface area contributed by atoms with Gasteiger partial charge in [-0.3, -0.25) is 4.79 Å². The average Bonchev–Trinajstić information content (AvgIpc) is 2.50. The van der Waals surface area contributed by atoms with Crippen molar-refractivity contribution in [3.05, 3.63) is 39.2 Å². The number of pyridine rings is 1. The van der Waals surface area contributed by atoms with Crippen molar-refractivity contribution in [1.82, 2.24) is 4.98 Å². The molecule has 0 amide bonds. The van der Waals surface area contributed by atoms with E-state index in [0.29, 0.717) is 5.56 Å². The molecule has 19 heavy (non-hydrogen) atoms. The van der Waals surface area contributed by atoms with Crippen molar-refractivity contribution in [2.45, 2.75) is 38.9 Å². The van der Waals surface area contributed by atoms with Gasteiger partial charge in [-0.05, 0) is 39.3 Å². The van der Waals surface area contributed by atoms with Gasteiger partial charge in [-0.25, -0.2) is 0 Å². The highest BCUT2D eigenvalue weighted by molar-refractivity contribution is 6.52. The lowest BCUT2D eigenvalue weighted by Crippen LogP contribution is -2.41. The molecule has 0 aromatic carbocycles. The first-order chi connectivity index (χ1) is 8.73. The van der Waals surface area contributed by atoms with Crippen LogP contribution < -0.4 is 5.56 Å². The number of hydrogen-bond acceptors (Lipinski definition) is 3. The Morgan fingerprint density at radius 1 is 1.26 bits per heavy atom. The minimum Gasteiger partial charge on any atom is -0.400 e. The van der Waals surface area contributed by atoms with E-state index >= 15 is 0 Å². The van der Waals surface area contributed by atoms with Gasteiger partial charge in [0.2, 0.25) is 0 Å². The molecule has 4 nitrogen and oxygen atoms in total. The Bertz CT molecular complexity index is 549. The average molecular weight is 282 g/mol. The minimum atomic E-state index is -0.444.